The van der Waals surface area contributed by atoms with Crippen molar-refractivity contribution in [2.24, 2.45) is 5.10 Å². The zero-order valence-corrected chi connectivity index (χ0v) is 10.2. The Morgan fingerprint density at radius 3 is 2.44 bits per heavy atom. The first kappa shape index (κ1) is 12.1. The molecule has 0 spiro atoms. The summed E-state index contributed by atoms with van der Waals surface area (Å²) in [5, 5.41) is 17.2. The Labute approximate surface area is 106 Å². The minimum atomic E-state index is 0.756. The molecule has 18 heavy (non-hydrogen) atoms. The van der Waals surface area contributed by atoms with Gasteiger partial charge in [0.05, 0.1) is 11.9 Å². The molecule has 0 atom stereocenters. The molecule has 4 nitrogen and oxygen atoms in total. The number of aromatic nitrogens is 1. The number of para-hydroxylation sites is 1. The van der Waals surface area contributed by atoms with Gasteiger partial charge in [-0.3, -0.25) is 5.01 Å². The van der Waals surface area contributed by atoms with E-state index in [1.807, 2.05) is 42.3 Å². The van der Waals surface area contributed by atoms with Crippen LogP contribution in [0.5, 0.6) is 0 Å². The van der Waals surface area contributed by atoms with Gasteiger partial charge < -0.3 is 5.21 Å². The lowest BCUT2D eigenvalue weighted by molar-refractivity contribution is -0.605. The predicted octanol–water partition coefficient (Wildman–Crippen LogP) is 2.18. The van der Waals surface area contributed by atoms with Crippen molar-refractivity contribution in [2.45, 2.75) is 6.92 Å². The molecule has 0 unspecified atom stereocenters. The normalized spacial score (nSPS) is 10.7. The van der Waals surface area contributed by atoms with E-state index in [9.17, 15) is 5.21 Å². The molecule has 0 saturated carbocycles. The summed E-state index contributed by atoms with van der Waals surface area (Å²) in [5.74, 6) is 0. The molecule has 0 aliphatic rings. The highest BCUT2D eigenvalue weighted by molar-refractivity contribution is 5.79. The van der Waals surface area contributed by atoms with Crippen molar-refractivity contribution < 1.29 is 4.73 Å². The Morgan fingerprint density at radius 2 is 1.83 bits per heavy atom. The van der Waals surface area contributed by atoms with Gasteiger partial charge in [-0.15, -0.1) is 0 Å². The zero-order chi connectivity index (χ0) is 12.8. The first-order valence-corrected chi connectivity index (χ1v) is 5.85. The Kier molecular flexibility index (Phi) is 3.91. The minimum Gasteiger partial charge on any atom is -0.619 e. The second kappa shape index (κ2) is 5.82. The van der Waals surface area contributed by atoms with E-state index in [0.29, 0.717) is 0 Å². The molecule has 2 aromatic rings. The molecule has 0 aliphatic carbocycles. The molecule has 1 heterocycles. The van der Waals surface area contributed by atoms with Crippen molar-refractivity contribution in [1.29, 1.82) is 0 Å². The van der Waals surface area contributed by atoms with Gasteiger partial charge in [-0.2, -0.15) is 9.83 Å². The van der Waals surface area contributed by atoms with Crippen molar-refractivity contribution in [3.8, 4) is 0 Å². The van der Waals surface area contributed by atoms with Crippen LogP contribution in [0.15, 0.2) is 60.0 Å². The molecule has 0 amide bonds. The Balaban J connectivity index is 2.13. The number of pyridine rings is 1. The second-order valence-corrected chi connectivity index (χ2v) is 3.79. The molecule has 92 valence electrons. The van der Waals surface area contributed by atoms with E-state index in [2.05, 4.69) is 5.10 Å². The van der Waals surface area contributed by atoms with Gasteiger partial charge in [-0.25, -0.2) is 0 Å². The van der Waals surface area contributed by atoms with Crippen LogP contribution in [0.4, 0.5) is 5.69 Å². The number of nitrogens with zero attached hydrogens (tertiary/aromatic N) is 3. The van der Waals surface area contributed by atoms with Gasteiger partial charge in [0, 0.05) is 24.2 Å². The maximum Gasteiger partial charge on any atom is 0.181 e. The highest BCUT2D eigenvalue weighted by atomic mass is 16.5. The van der Waals surface area contributed by atoms with E-state index in [-0.39, 0.29) is 0 Å². The molecule has 0 radical (unpaired) electrons. The van der Waals surface area contributed by atoms with Gasteiger partial charge >= 0.3 is 0 Å². The van der Waals surface area contributed by atoms with Gasteiger partial charge in [0.2, 0.25) is 0 Å². The van der Waals surface area contributed by atoms with Crippen LogP contribution < -0.4 is 9.74 Å². The number of hydrogen-bond donors (Lipinski definition) is 0. The maximum absolute atomic E-state index is 10.9. The smallest absolute Gasteiger partial charge is 0.181 e. The van der Waals surface area contributed by atoms with Gasteiger partial charge in [-0.1, -0.05) is 18.2 Å². The summed E-state index contributed by atoms with van der Waals surface area (Å²) in [4.78, 5) is 0. The number of hydrazone groups is 1. The highest BCUT2D eigenvalue weighted by Gasteiger charge is 1.99. The first-order valence-electron chi connectivity index (χ1n) is 5.85. The summed E-state index contributed by atoms with van der Waals surface area (Å²) in [6, 6.07) is 13.4. The van der Waals surface area contributed by atoms with Gasteiger partial charge in [0.15, 0.2) is 12.4 Å². The van der Waals surface area contributed by atoms with E-state index in [0.717, 1.165) is 22.5 Å². The molecule has 4 heteroatoms. The summed E-state index contributed by atoms with van der Waals surface area (Å²) in [6.45, 7) is 2.83. The van der Waals surface area contributed by atoms with Gasteiger partial charge in [-0.05, 0) is 19.1 Å². The average molecular weight is 241 g/mol. The van der Waals surface area contributed by atoms with Crippen molar-refractivity contribution in [3.05, 3.63) is 65.6 Å². The predicted molar refractivity (Wildman–Crippen MR) is 72.5 cm³/mol. The van der Waals surface area contributed by atoms with E-state index in [4.69, 9.17) is 0 Å². The van der Waals surface area contributed by atoms with E-state index < -0.39 is 0 Å². The fraction of sp³-hybridized carbons (Fsp3) is 0.143. The van der Waals surface area contributed by atoms with Crippen molar-refractivity contribution >= 4 is 11.9 Å². The third-order valence-electron chi connectivity index (χ3n) is 2.53. The monoisotopic (exact) mass is 241 g/mol. The van der Waals surface area contributed by atoms with Crippen LogP contribution >= 0.6 is 0 Å². The maximum atomic E-state index is 10.9. The van der Waals surface area contributed by atoms with Gasteiger partial charge in [0.25, 0.3) is 0 Å². The topological polar surface area (TPSA) is 42.5 Å². The van der Waals surface area contributed by atoms with Crippen molar-refractivity contribution in [2.75, 3.05) is 11.6 Å². The summed E-state index contributed by atoms with van der Waals surface area (Å²) in [7, 11) is 0. The third-order valence-corrected chi connectivity index (χ3v) is 2.53. The van der Waals surface area contributed by atoms with Crippen molar-refractivity contribution in [3.63, 3.8) is 0 Å². The molecule has 1 aromatic heterocycles. The lowest BCUT2D eigenvalue weighted by Crippen LogP contribution is -2.23. The zero-order valence-electron chi connectivity index (χ0n) is 10.2. The Bertz CT molecular complexity index is 508. The second-order valence-electron chi connectivity index (χ2n) is 3.79. The summed E-state index contributed by atoms with van der Waals surface area (Å²) >= 11 is 0. The van der Waals surface area contributed by atoms with Crippen LogP contribution in [0.25, 0.3) is 0 Å². The molecule has 0 aliphatic heterocycles. The van der Waals surface area contributed by atoms with Crippen LogP contribution in [0.1, 0.15) is 12.5 Å². The molecule has 2 rings (SSSR count). The summed E-state index contributed by atoms with van der Waals surface area (Å²) in [5.41, 5.74) is 1.95. The third kappa shape index (κ3) is 3.07. The molecule has 0 bridgehead atoms. The molecular weight excluding hydrogens is 226 g/mol. The van der Waals surface area contributed by atoms with Crippen LogP contribution in [-0.4, -0.2) is 12.8 Å². The van der Waals surface area contributed by atoms with Crippen LogP contribution in [0, 0.1) is 5.21 Å². The Hall–Kier alpha value is -2.36. The van der Waals surface area contributed by atoms with E-state index in [1.54, 1.807) is 18.3 Å². The van der Waals surface area contributed by atoms with Crippen LogP contribution in [0.3, 0.4) is 0 Å². The highest BCUT2D eigenvalue weighted by Crippen LogP contribution is 2.12. The standard InChI is InChI=1S/C14H15N3O/c1-2-17(14-6-4-3-5-7-14)15-12-13-8-10-16(18)11-9-13/h3-12H,2H2,1H3/b15-12+. The SMILES string of the molecule is CCN(/N=C/c1cc[n+]([O-])cc1)c1ccccc1. The number of anilines is 1. The van der Waals surface area contributed by atoms with E-state index >= 15 is 0 Å². The largest absolute Gasteiger partial charge is 0.619 e. The molecule has 1 aromatic carbocycles. The van der Waals surface area contributed by atoms with Gasteiger partial charge in [0.1, 0.15) is 0 Å². The minimum absolute atomic E-state index is 0.756. The lowest BCUT2D eigenvalue weighted by Gasteiger charge is -2.16. The first-order chi connectivity index (χ1) is 8.79. The fourth-order valence-electron chi connectivity index (χ4n) is 1.58. The number of benzene rings is 1. The van der Waals surface area contributed by atoms with Crippen molar-refractivity contribution in [1.82, 2.24) is 0 Å². The Morgan fingerprint density at radius 1 is 1.17 bits per heavy atom. The fourth-order valence-corrected chi connectivity index (χ4v) is 1.58. The molecule has 0 fully saturated rings. The molecular formula is C14H15N3O. The number of hydrogen-bond acceptors (Lipinski definition) is 3. The quantitative estimate of drug-likeness (QED) is 0.356. The molecule has 0 N–H and O–H groups in total. The number of rotatable bonds is 4. The van der Waals surface area contributed by atoms with E-state index in [1.165, 1.54) is 12.4 Å². The lowest BCUT2D eigenvalue weighted by atomic mass is 10.3. The molecule has 0 saturated heterocycles. The summed E-state index contributed by atoms with van der Waals surface area (Å²) in [6.07, 6.45) is 4.66. The van der Waals surface area contributed by atoms with Crippen LogP contribution in [-0.2, 0) is 0 Å². The van der Waals surface area contributed by atoms with Crippen LogP contribution in [0.2, 0.25) is 0 Å². The summed E-state index contributed by atoms with van der Waals surface area (Å²) < 4.78 is 0.756. The average Bonchev–Trinajstić information content (AvgIpc) is 2.43.